The number of unbranched alkanes of at least 4 members (excludes halogenated alkanes) is 3. The first-order chi connectivity index (χ1) is 16.0. The van der Waals surface area contributed by atoms with Crippen LogP contribution in [-0.4, -0.2) is 26.1 Å². The highest BCUT2D eigenvalue weighted by Gasteiger charge is 2.16. The molecule has 0 atom stereocenters. The highest BCUT2D eigenvalue weighted by molar-refractivity contribution is 5.96. The third-order valence-electron chi connectivity index (χ3n) is 5.84. The molecule has 1 heterocycles. The van der Waals surface area contributed by atoms with Gasteiger partial charge in [0, 0.05) is 18.3 Å². The van der Waals surface area contributed by atoms with Crippen molar-refractivity contribution in [2.45, 2.75) is 65.3 Å². The number of hydrogen-bond donors (Lipinski definition) is 1. The Kier molecular flexibility index (Phi) is 8.41. The minimum absolute atomic E-state index is 0.170. The number of aryl methyl sites for hydroxylation is 1. The first-order valence-corrected chi connectivity index (χ1v) is 11.7. The minimum Gasteiger partial charge on any atom is -0.478 e. The number of benzene rings is 2. The second-order valence-corrected chi connectivity index (χ2v) is 8.36. The molecule has 6 heteroatoms. The molecule has 2 aromatic carbocycles. The zero-order chi connectivity index (χ0) is 23.8. The fourth-order valence-corrected chi connectivity index (χ4v) is 4.04. The summed E-state index contributed by atoms with van der Waals surface area (Å²) in [7, 11) is 0. The van der Waals surface area contributed by atoms with Gasteiger partial charge in [-0.05, 0) is 42.0 Å². The second kappa shape index (κ2) is 11.5. The van der Waals surface area contributed by atoms with Crippen molar-refractivity contribution in [1.29, 1.82) is 0 Å². The van der Waals surface area contributed by atoms with Crippen molar-refractivity contribution in [1.82, 2.24) is 9.13 Å². The third-order valence-corrected chi connectivity index (χ3v) is 5.84. The summed E-state index contributed by atoms with van der Waals surface area (Å²) < 4.78 is 2.95. The van der Waals surface area contributed by atoms with Crippen molar-refractivity contribution >= 4 is 11.9 Å². The number of imidazole rings is 1. The summed E-state index contributed by atoms with van der Waals surface area (Å²) >= 11 is 0. The molecule has 0 radical (unpaired) electrons. The number of hydrogen-bond acceptors (Lipinski definition) is 3. The van der Waals surface area contributed by atoms with Crippen LogP contribution in [0.1, 0.15) is 78.8 Å². The predicted molar refractivity (Wildman–Crippen MR) is 130 cm³/mol. The van der Waals surface area contributed by atoms with Crippen molar-refractivity contribution in [3.05, 3.63) is 82.0 Å². The summed E-state index contributed by atoms with van der Waals surface area (Å²) in [6.45, 7) is 4.46. The third kappa shape index (κ3) is 5.89. The highest BCUT2D eigenvalue weighted by Crippen LogP contribution is 2.24. The summed E-state index contributed by atoms with van der Waals surface area (Å²) in [4.78, 5) is 37.0. The van der Waals surface area contributed by atoms with E-state index in [2.05, 4.69) is 6.92 Å². The van der Waals surface area contributed by atoms with Gasteiger partial charge >= 0.3 is 11.7 Å². The van der Waals surface area contributed by atoms with Gasteiger partial charge in [-0.2, -0.15) is 0 Å². The van der Waals surface area contributed by atoms with Crippen LogP contribution < -0.4 is 5.69 Å². The van der Waals surface area contributed by atoms with Crippen LogP contribution in [0.15, 0.2) is 59.5 Å². The molecule has 1 N–H and O–H groups in total. The van der Waals surface area contributed by atoms with Crippen LogP contribution in [-0.2, 0) is 13.0 Å². The minimum atomic E-state index is -0.966. The van der Waals surface area contributed by atoms with E-state index in [9.17, 15) is 19.5 Å². The number of carboxylic acids is 1. The Bertz CT molecular complexity index is 1160. The van der Waals surface area contributed by atoms with Gasteiger partial charge in [-0.25, -0.2) is 14.2 Å². The van der Waals surface area contributed by atoms with Crippen molar-refractivity contribution in [3.8, 4) is 11.1 Å². The average Bonchev–Trinajstić information content (AvgIpc) is 3.12. The molecule has 33 heavy (non-hydrogen) atoms. The number of carbonyl (C=O) groups excluding carboxylic acids is 1. The molecule has 0 aliphatic heterocycles. The number of carbonyl (C=O) groups is 2. The molecule has 0 saturated carbocycles. The average molecular weight is 449 g/mol. The molecule has 0 bridgehead atoms. The molecule has 3 aromatic rings. The largest absolute Gasteiger partial charge is 0.478 e. The first kappa shape index (κ1) is 24.2. The van der Waals surface area contributed by atoms with Crippen LogP contribution in [0.4, 0.5) is 0 Å². The topological polar surface area (TPSA) is 81.3 Å². The van der Waals surface area contributed by atoms with E-state index in [-0.39, 0.29) is 17.2 Å². The molecular weight excluding hydrogens is 416 g/mol. The van der Waals surface area contributed by atoms with Gasteiger partial charge in [0.1, 0.15) is 0 Å². The summed E-state index contributed by atoms with van der Waals surface area (Å²) in [6.07, 6.45) is 7.87. The summed E-state index contributed by atoms with van der Waals surface area (Å²) in [5.41, 5.74) is 3.22. The zero-order valence-corrected chi connectivity index (χ0v) is 19.4. The summed E-state index contributed by atoms with van der Waals surface area (Å²) in [5.74, 6) is -1.14. The Balaban J connectivity index is 1.88. The monoisotopic (exact) mass is 448 g/mol. The molecule has 0 spiro atoms. The van der Waals surface area contributed by atoms with Crippen LogP contribution in [0.5, 0.6) is 0 Å². The molecule has 0 aliphatic rings. The smallest absolute Gasteiger partial charge is 0.336 e. The number of carboxylic acid groups (broad SMARTS) is 1. The lowest BCUT2D eigenvalue weighted by Gasteiger charge is -2.10. The lowest BCUT2D eigenvalue weighted by molar-refractivity contribution is 0.0697. The normalized spacial score (nSPS) is 11.0. The van der Waals surface area contributed by atoms with Crippen LogP contribution in [0.3, 0.4) is 0 Å². The number of aromatic nitrogens is 2. The quantitative estimate of drug-likeness (QED) is 0.386. The van der Waals surface area contributed by atoms with Crippen LogP contribution in [0.2, 0.25) is 0 Å². The molecule has 0 unspecified atom stereocenters. The predicted octanol–water partition coefficient (Wildman–Crippen LogP) is 5.63. The van der Waals surface area contributed by atoms with Gasteiger partial charge < -0.3 is 5.11 Å². The van der Waals surface area contributed by atoms with E-state index in [1.807, 2.05) is 37.3 Å². The molecule has 0 amide bonds. The van der Waals surface area contributed by atoms with E-state index in [0.29, 0.717) is 24.9 Å². The molecule has 0 saturated heterocycles. The number of aromatic carboxylic acids is 1. The number of nitrogens with zero attached hydrogens (tertiary/aromatic N) is 2. The Labute approximate surface area is 194 Å². The van der Waals surface area contributed by atoms with E-state index in [4.69, 9.17) is 0 Å². The van der Waals surface area contributed by atoms with E-state index in [0.717, 1.165) is 48.9 Å². The lowest BCUT2D eigenvalue weighted by atomic mass is 9.99. The molecule has 174 valence electrons. The maximum atomic E-state index is 13.0. The van der Waals surface area contributed by atoms with Gasteiger partial charge in [-0.1, -0.05) is 75.6 Å². The lowest BCUT2D eigenvalue weighted by Crippen LogP contribution is -2.29. The second-order valence-electron chi connectivity index (χ2n) is 8.36. The van der Waals surface area contributed by atoms with Gasteiger partial charge in [0.05, 0.1) is 12.1 Å². The summed E-state index contributed by atoms with van der Waals surface area (Å²) in [5, 5.41) is 9.46. The van der Waals surface area contributed by atoms with Gasteiger partial charge in [0.15, 0.2) is 0 Å². The molecule has 0 fully saturated rings. The first-order valence-electron chi connectivity index (χ1n) is 11.7. The van der Waals surface area contributed by atoms with Crippen LogP contribution >= 0.6 is 0 Å². The van der Waals surface area contributed by atoms with Gasteiger partial charge in [-0.3, -0.25) is 9.36 Å². The Hall–Kier alpha value is -3.41. The van der Waals surface area contributed by atoms with Crippen molar-refractivity contribution in [2.75, 3.05) is 0 Å². The summed E-state index contributed by atoms with van der Waals surface area (Å²) in [6, 6.07) is 14.5. The number of rotatable bonds is 11. The molecule has 6 nitrogen and oxygen atoms in total. The zero-order valence-electron chi connectivity index (χ0n) is 19.4. The van der Waals surface area contributed by atoms with E-state index in [1.165, 1.54) is 4.57 Å². The van der Waals surface area contributed by atoms with Gasteiger partial charge in [0.25, 0.3) is 0 Å². The Morgan fingerprint density at radius 3 is 2.30 bits per heavy atom. The Morgan fingerprint density at radius 1 is 0.909 bits per heavy atom. The standard InChI is InChI=1S/C27H32N2O4/c1-3-5-6-7-11-22-19-29(25(30)10-4-2)27(33)28(22)18-20-14-16-21(17-15-20)23-12-8-9-13-24(23)26(31)32/h8-9,12-17,19H,3-7,10-11,18H2,1-2H3,(H,31,32). The fraction of sp³-hybridized carbons (Fsp3) is 0.370. The molecule has 1 aromatic heterocycles. The molecule has 0 aliphatic carbocycles. The fourth-order valence-electron chi connectivity index (χ4n) is 4.04. The Morgan fingerprint density at radius 2 is 1.64 bits per heavy atom. The van der Waals surface area contributed by atoms with Crippen molar-refractivity contribution in [2.24, 2.45) is 0 Å². The van der Waals surface area contributed by atoms with Gasteiger partial charge in [-0.15, -0.1) is 0 Å². The van der Waals surface area contributed by atoms with E-state index < -0.39 is 5.97 Å². The maximum Gasteiger partial charge on any atom is 0.336 e. The van der Waals surface area contributed by atoms with E-state index in [1.54, 1.807) is 29.0 Å². The van der Waals surface area contributed by atoms with Crippen LogP contribution in [0.25, 0.3) is 11.1 Å². The molecule has 3 rings (SSSR count). The van der Waals surface area contributed by atoms with Crippen molar-refractivity contribution in [3.63, 3.8) is 0 Å². The van der Waals surface area contributed by atoms with E-state index >= 15 is 0 Å². The maximum absolute atomic E-state index is 13.0. The van der Waals surface area contributed by atoms with Crippen molar-refractivity contribution < 1.29 is 14.7 Å². The van der Waals surface area contributed by atoms with Gasteiger partial charge in [0.2, 0.25) is 5.91 Å². The molecular formula is C27H32N2O4. The van der Waals surface area contributed by atoms with Crippen LogP contribution in [0, 0.1) is 0 Å². The SMILES string of the molecule is CCCCCCc1cn(C(=O)CCC)c(=O)n1Cc1ccc(-c2ccccc2C(=O)O)cc1. The highest BCUT2D eigenvalue weighted by atomic mass is 16.4.